The topological polar surface area (TPSA) is 80.0 Å². The quantitative estimate of drug-likeness (QED) is 0.549. The van der Waals surface area contributed by atoms with Gasteiger partial charge in [0.2, 0.25) is 0 Å². The fraction of sp³-hybridized carbons (Fsp3) is 0.0870. The number of aromatic nitrogens is 3. The zero-order valence-corrected chi connectivity index (χ0v) is 15.9. The Balaban J connectivity index is 1.41. The fourth-order valence-corrected chi connectivity index (χ4v) is 3.05. The monoisotopic (exact) mass is 384 g/mol. The summed E-state index contributed by atoms with van der Waals surface area (Å²) in [5, 5.41) is 16.5. The molecule has 2 aromatic heterocycles. The van der Waals surface area contributed by atoms with E-state index < -0.39 is 0 Å². The predicted molar refractivity (Wildman–Crippen MR) is 111 cm³/mol. The molecule has 0 aliphatic carbocycles. The minimum Gasteiger partial charge on any atom is -0.508 e. The van der Waals surface area contributed by atoms with Crippen LogP contribution in [0.25, 0.3) is 22.3 Å². The number of nitrogens with zero attached hydrogens (tertiary/aromatic N) is 3. The van der Waals surface area contributed by atoms with Gasteiger partial charge in [-0.25, -0.2) is 0 Å². The lowest BCUT2D eigenvalue weighted by atomic mass is 10.0. The number of pyridine rings is 1. The van der Waals surface area contributed by atoms with Crippen LogP contribution in [0.15, 0.2) is 79.4 Å². The van der Waals surface area contributed by atoms with Crippen molar-refractivity contribution in [1.29, 1.82) is 0 Å². The van der Waals surface area contributed by atoms with Gasteiger partial charge in [0, 0.05) is 43.3 Å². The van der Waals surface area contributed by atoms with E-state index in [1.807, 2.05) is 55.7 Å². The molecule has 0 unspecified atom stereocenters. The third-order valence-electron chi connectivity index (χ3n) is 4.65. The Kier molecular flexibility index (Phi) is 5.07. The number of hydrogen-bond donors (Lipinski definition) is 2. The first kappa shape index (κ1) is 18.4. The zero-order chi connectivity index (χ0) is 20.2. The molecule has 6 nitrogen and oxygen atoms in total. The van der Waals surface area contributed by atoms with E-state index in [9.17, 15) is 9.90 Å². The Bertz CT molecular complexity index is 1130. The highest BCUT2D eigenvalue weighted by molar-refractivity contribution is 5.95. The molecule has 2 aromatic carbocycles. The first-order valence-electron chi connectivity index (χ1n) is 9.19. The van der Waals surface area contributed by atoms with Crippen molar-refractivity contribution in [3.8, 4) is 28.0 Å². The van der Waals surface area contributed by atoms with Gasteiger partial charge in [0.1, 0.15) is 5.75 Å². The van der Waals surface area contributed by atoms with Gasteiger partial charge >= 0.3 is 0 Å². The van der Waals surface area contributed by atoms with E-state index in [0.29, 0.717) is 12.1 Å². The number of amides is 1. The van der Waals surface area contributed by atoms with Gasteiger partial charge in [0.05, 0.1) is 11.8 Å². The molecule has 0 radical (unpaired) electrons. The Labute approximate surface area is 168 Å². The SMILES string of the molecule is Cn1cc(-c2cncc(C(=O)NCc3ccc(-c4ccc(O)cc4)cc3)c2)cn1. The highest BCUT2D eigenvalue weighted by Gasteiger charge is 2.09. The highest BCUT2D eigenvalue weighted by atomic mass is 16.3. The van der Waals surface area contributed by atoms with Gasteiger partial charge in [-0.05, 0) is 34.9 Å². The largest absolute Gasteiger partial charge is 0.508 e. The number of rotatable bonds is 5. The van der Waals surface area contributed by atoms with Crippen LogP contribution in [0.4, 0.5) is 0 Å². The van der Waals surface area contributed by atoms with E-state index in [0.717, 1.165) is 27.8 Å². The number of phenolic OH excluding ortho intramolecular Hbond substituents is 1. The van der Waals surface area contributed by atoms with Crippen LogP contribution >= 0.6 is 0 Å². The van der Waals surface area contributed by atoms with Crippen molar-refractivity contribution in [2.45, 2.75) is 6.54 Å². The molecular weight excluding hydrogens is 364 g/mol. The van der Waals surface area contributed by atoms with Crippen LogP contribution in [-0.4, -0.2) is 25.8 Å². The van der Waals surface area contributed by atoms with E-state index in [-0.39, 0.29) is 11.7 Å². The number of benzene rings is 2. The third-order valence-corrected chi connectivity index (χ3v) is 4.65. The minimum absolute atomic E-state index is 0.175. The lowest BCUT2D eigenvalue weighted by molar-refractivity contribution is 0.0950. The van der Waals surface area contributed by atoms with Crippen LogP contribution in [0.3, 0.4) is 0 Å². The summed E-state index contributed by atoms with van der Waals surface area (Å²) in [7, 11) is 1.85. The molecule has 0 saturated carbocycles. The summed E-state index contributed by atoms with van der Waals surface area (Å²) in [4.78, 5) is 16.7. The molecule has 0 aliphatic rings. The van der Waals surface area contributed by atoms with Gasteiger partial charge in [0.25, 0.3) is 5.91 Å². The van der Waals surface area contributed by atoms with Crippen molar-refractivity contribution in [3.05, 3.63) is 90.5 Å². The summed E-state index contributed by atoms with van der Waals surface area (Å²) in [5.74, 6) is 0.0704. The molecule has 1 amide bonds. The van der Waals surface area contributed by atoms with Crippen molar-refractivity contribution in [2.75, 3.05) is 0 Å². The summed E-state index contributed by atoms with van der Waals surface area (Å²) in [6.45, 7) is 0.422. The van der Waals surface area contributed by atoms with Crippen molar-refractivity contribution in [1.82, 2.24) is 20.1 Å². The minimum atomic E-state index is -0.175. The van der Waals surface area contributed by atoms with E-state index >= 15 is 0 Å². The maximum Gasteiger partial charge on any atom is 0.253 e. The second-order valence-corrected chi connectivity index (χ2v) is 6.79. The maximum absolute atomic E-state index is 12.5. The Hall–Kier alpha value is -3.93. The van der Waals surface area contributed by atoms with Gasteiger partial charge < -0.3 is 10.4 Å². The summed E-state index contributed by atoms with van der Waals surface area (Å²) >= 11 is 0. The lowest BCUT2D eigenvalue weighted by Gasteiger charge is -2.08. The number of carbonyl (C=O) groups is 1. The molecule has 0 fully saturated rings. The van der Waals surface area contributed by atoms with Crippen LogP contribution in [0.1, 0.15) is 15.9 Å². The predicted octanol–water partition coefficient (Wildman–Crippen LogP) is 3.78. The Morgan fingerprint density at radius 3 is 2.28 bits per heavy atom. The van der Waals surface area contributed by atoms with Crippen molar-refractivity contribution in [2.24, 2.45) is 7.05 Å². The number of aromatic hydroxyl groups is 1. The van der Waals surface area contributed by atoms with Crippen molar-refractivity contribution >= 4 is 5.91 Å². The van der Waals surface area contributed by atoms with Crippen molar-refractivity contribution < 1.29 is 9.90 Å². The maximum atomic E-state index is 12.5. The van der Waals surface area contributed by atoms with E-state index in [1.54, 1.807) is 35.4 Å². The fourth-order valence-electron chi connectivity index (χ4n) is 3.05. The zero-order valence-electron chi connectivity index (χ0n) is 15.9. The average molecular weight is 384 g/mol. The lowest BCUT2D eigenvalue weighted by Crippen LogP contribution is -2.22. The van der Waals surface area contributed by atoms with Gasteiger partial charge in [0.15, 0.2) is 0 Å². The molecule has 0 aliphatic heterocycles. The molecule has 2 N–H and O–H groups in total. The molecular formula is C23H20N4O2. The molecule has 0 saturated heterocycles. The smallest absolute Gasteiger partial charge is 0.253 e. The van der Waals surface area contributed by atoms with Gasteiger partial charge in [-0.2, -0.15) is 5.10 Å². The molecule has 4 rings (SSSR count). The summed E-state index contributed by atoms with van der Waals surface area (Å²) in [6.07, 6.45) is 6.90. The average Bonchev–Trinajstić information content (AvgIpc) is 3.19. The number of hydrogen-bond acceptors (Lipinski definition) is 4. The van der Waals surface area contributed by atoms with Crippen LogP contribution in [0, 0.1) is 0 Å². The van der Waals surface area contributed by atoms with Gasteiger partial charge in [-0.3, -0.25) is 14.5 Å². The molecule has 144 valence electrons. The van der Waals surface area contributed by atoms with Crippen LogP contribution < -0.4 is 5.32 Å². The standard InChI is InChI=1S/C23H20N4O2/c1-27-15-21(14-26-27)19-10-20(13-24-12-19)23(29)25-11-16-2-4-17(5-3-16)18-6-8-22(28)9-7-18/h2-10,12-15,28H,11H2,1H3,(H,25,29). The number of phenols is 1. The summed E-state index contributed by atoms with van der Waals surface area (Å²) in [6, 6.07) is 16.8. The molecule has 2 heterocycles. The third kappa shape index (κ3) is 4.32. The van der Waals surface area contributed by atoms with Gasteiger partial charge in [-0.1, -0.05) is 36.4 Å². The summed E-state index contributed by atoms with van der Waals surface area (Å²) < 4.78 is 1.71. The van der Waals surface area contributed by atoms with E-state index in [2.05, 4.69) is 15.4 Å². The molecule has 0 atom stereocenters. The Morgan fingerprint density at radius 1 is 0.931 bits per heavy atom. The van der Waals surface area contributed by atoms with Crippen molar-refractivity contribution in [3.63, 3.8) is 0 Å². The number of carbonyl (C=O) groups excluding carboxylic acids is 1. The molecule has 29 heavy (non-hydrogen) atoms. The molecule has 0 bridgehead atoms. The van der Waals surface area contributed by atoms with Crippen LogP contribution in [0.2, 0.25) is 0 Å². The number of nitrogens with one attached hydrogen (secondary N) is 1. The first-order chi connectivity index (χ1) is 14.1. The molecule has 4 aromatic rings. The second kappa shape index (κ2) is 7.98. The molecule has 6 heteroatoms. The summed E-state index contributed by atoms with van der Waals surface area (Å²) in [5.41, 5.74) is 5.35. The van der Waals surface area contributed by atoms with Crippen LogP contribution in [0.5, 0.6) is 5.75 Å². The normalized spacial score (nSPS) is 10.7. The number of aryl methyl sites for hydroxylation is 1. The second-order valence-electron chi connectivity index (χ2n) is 6.79. The van der Waals surface area contributed by atoms with E-state index in [4.69, 9.17) is 0 Å². The first-order valence-corrected chi connectivity index (χ1v) is 9.19. The van der Waals surface area contributed by atoms with E-state index in [1.165, 1.54) is 0 Å². The highest BCUT2D eigenvalue weighted by Crippen LogP contribution is 2.22. The Morgan fingerprint density at radius 2 is 1.62 bits per heavy atom. The van der Waals surface area contributed by atoms with Crippen LogP contribution in [-0.2, 0) is 13.6 Å². The van der Waals surface area contributed by atoms with Gasteiger partial charge in [-0.15, -0.1) is 0 Å². The molecule has 0 spiro atoms.